The first kappa shape index (κ1) is 13.5. The predicted molar refractivity (Wildman–Crippen MR) is 76.8 cm³/mol. The third-order valence-electron chi connectivity index (χ3n) is 3.63. The standard InChI is InChI=1S/C15H16N4O2/c1-11-5-6-14(20)19(17-11)10-15(21)18-8-12(9-18)13-4-2-3-7-16-13/h2-7,12H,8-10H2,1H3. The topological polar surface area (TPSA) is 68.1 Å². The van der Waals surface area contributed by atoms with Crippen LogP contribution in [0.4, 0.5) is 0 Å². The molecule has 0 N–H and O–H groups in total. The first-order chi connectivity index (χ1) is 10.1. The molecule has 0 aliphatic carbocycles. The molecule has 2 aromatic rings. The van der Waals surface area contributed by atoms with E-state index in [-0.39, 0.29) is 23.9 Å². The van der Waals surface area contributed by atoms with Gasteiger partial charge in [0.25, 0.3) is 5.56 Å². The number of amides is 1. The molecule has 1 aliphatic rings. The Labute approximate surface area is 122 Å². The molecule has 0 atom stereocenters. The van der Waals surface area contributed by atoms with Gasteiger partial charge in [-0.25, -0.2) is 4.68 Å². The van der Waals surface area contributed by atoms with Gasteiger partial charge in [-0.15, -0.1) is 0 Å². The molecule has 0 spiro atoms. The van der Waals surface area contributed by atoms with E-state index >= 15 is 0 Å². The Morgan fingerprint density at radius 3 is 2.81 bits per heavy atom. The number of rotatable bonds is 3. The second-order valence-corrected chi connectivity index (χ2v) is 5.22. The highest BCUT2D eigenvalue weighted by molar-refractivity contribution is 5.77. The fourth-order valence-corrected chi connectivity index (χ4v) is 2.38. The molecule has 1 aliphatic heterocycles. The van der Waals surface area contributed by atoms with Crippen molar-refractivity contribution in [3.8, 4) is 0 Å². The molecule has 21 heavy (non-hydrogen) atoms. The van der Waals surface area contributed by atoms with Crippen molar-refractivity contribution in [2.45, 2.75) is 19.4 Å². The quantitative estimate of drug-likeness (QED) is 0.826. The zero-order chi connectivity index (χ0) is 14.8. The second kappa shape index (κ2) is 5.47. The van der Waals surface area contributed by atoms with Gasteiger partial charge in [0, 0.05) is 37.0 Å². The van der Waals surface area contributed by atoms with Crippen LogP contribution >= 0.6 is 0 Å². The Morgan fingerprint density at radius 1 is 1.29 bits per heavy atom. The molecular weight excluding hydrogens is 268 g/mol. The largest absolute Gasteiger partial charge is 0.340 e. The molecule has 0 unspecified atom stereocenters. The Bertz CT molecular complexity index is 705. The highest BCUT2D eigenvalue weighted by atomic mass is 16.2. The maximum atomic E-state index is 12.1. The summed E-state index contributed by atoms with van der Waals surface area (Å²) in [6.07, 6.45) is 1.76. The molecule has 1 fully saturated rings. The van der Waals surface area contributed by atoms with E-state index in [1.54, 1.807) is 24.1 Å². The van der Waals surface area contributed by atoms with Gasteiger partial charge in [-0.1, -0.05) is 6.07 Å². The van der Waals surface area contributed by atoms with E-state index < -0.39 is 0 Å². The van der Waals surface area contributed by atoms with Gasteiger partial charge in [0.15, 0.2) is 0 Å². The predicted octanol–water partition coefficient (Wildman–Crippen LogP) is 0.573. The number of aromatic nitrogens is 3. The third kappa shape index (κ3) is 2.84. The van der Waals surface area contributed by atoms with E-state index in [0.717, 1.165) is 11.4 Å². The number of hydrogen-bond acceptors (Lipinski definition) is 4. The van der Waals surface area contributed by atoms with E-state index in [1.165, 1.54) is 10.7 Å². The number of aryl methyl sites for hydroxylation is 1. The van der Waals surface area contributed by atoms with E-state index in [1.807, 2.05) is 18.2 Å². The molecule has 0 aromatic carbocycles. The molecule has 108 valence electrons. The minimum absolute atomic E-state index is 0.00451. The van der Waals surface area contributed by atoms with Gasteiger partial charge < -0.3 is 4.90 Å². The Kier molecular flexibility index (Phi) is 3.51. The lowest BCUT2D eigenvalue weighted by molar-refractivity contribution is -0.136. The lowest BCUT2D eigenvalue weighted by Gasteiger charge is -2.38. The number of hydrogen-bond donors (Lipinski definition) is 0. The number of nitrogens with zero attached hydrogens (tertiary/aromatic N) is 4. The molecule has 0 saturated carbocycles. The number of likely N-dealkylation sites (tertiary alicyclic amines) is 1. The highest BCUT2D eigenvalue weighted by Gasteiger charge is 2.32. The summed E-state index contributed by atoms with van der Waals surface area (Å²) in [7, 11) is 0. The first-order valence-corrected chi connectivity index (χ1v) is 6.87. The Morgan fingerprint density at radius 2 is 2.10 bits per heavy atom. The lowest BCUT2D eigenvalue weighted by atomic mass is 9.95. The summed E-state index contributed by atoms with van der Waals surface area (Å²) in [4.78, 5) is 29.8. The zero-order valence-corrected chi connectivity index (χ0v) is 11.8. The summed E-state index contributed by atoms with van der Waals surface area (Å²) in [5, 5.41) is 4.07. The van der Waals surface area contributed by atoms with Crippen LogP contribution in [-0.4, -0.2) is 38.7 Å². The highest BCUT2D eigenvalue weighted by Crippen LogP contribution is 2.25. The SMILES string of the molecule is Cc1ccc(=O)n(CC(=O)N2CC(c3ccccn3)C2)n1. The van der Waals surface area contributed by atoms with Gasteiger partial charge in [-0.2, -0.15) is 5.10 Å². The van der Waals surface area contributed by atoms with E-state index in [2.05, 4.69) is 10.1 Å². The summed E-state index contributed by atoms with van der Waals surface area (Å²) in [6.45, 7) is 3.09. The van der Waals surface area contributed by atoms with Crippen LogP contribution in [0.3, 0.4) is 0 Å². The van der Waals surface area contributed by atoms with Crippen LogP contribution in [0.25, 0.3) is 0 Å². The van der Waals surface area contributed by atoms with Crippen LogP contribution in [0, 0.1) is 6.92 Å². The Balaban J connectivity index is 1.61. The van der Waals surface area contributed by atoms with Gasteiger partial charge in [0.1, 0.15) is 6.54 Å². The summed E-state index contributed by atoms with van der Waals surface area (Å²) in [5.74, 6) is 0.208. The molecule has 3 rings (SSSR count). The molecule has 0 bridgehead atoms. The number of carbonyl (C=O) groups excluding carboxylic acids is 1. The van der Waals surface area contributed by atoms with E-state index in [4.69, 9.17) is 0 Å². The van der Waals surface area contributed by atoms with Crippen LogP contribution in [-0.2, 0) is 11.3 Å². The maximum Gasteiger partial charge on any atom is 0.267 e. The normalized spacial score (nSPS) is 14.8. The molecule has 2 aromatic heterocycles. The fourth-order valence-electron chi connectivity index (χ4n) is 2.38. The van der Waals surface area contributed by atoms with Crippen LogP contribution in [0.2, 0.25) is 0 Å². The lowest BCUT2D eigenvalue weighted by Crippen LogP contribution is -2.50. The van der Waals surface area contributed by atoms with Crippen LogP contribution in [0.15, 0.2) is 41.3 Å². The summed E-state index contributed by atoms with van der Waals surface area (Å²) >= 11 is 0. The molecule has 1 saturated heterocycles. The van der Waals surface area contributed by atoms with Crippen molar-refractivity contribution < 1.29 is 4.79 Å². The fraction of sp³-hybridized carbons (Fsp3) is 0.333. The van der Waals surface area contributed by atoms with Gasteiger partial charge in [-0.3, -0.25) is 14.6 Å². The second-order valence-electron chi connectivity index (χ2n) is 5.22. The van der Waals surface area contributed by atoms with Crippen molar-refractivity contribution in [2.75, 3.05) is 13.1 Å². The Hall–Kier alpha value is -2.50. The summed E-state index contributed by atoms with van der Waals surface area (Å²) in [6, 6.07) is 8.87. The average molecular weight is 284 g/mol. The van der Waals surface area contributed by atoms with Crippen molar-refractivity contribution in [3.63, 3.8) is 0 Å². The van der Waals surface area contributed by atoms with E-state index in [9.17, 15) is 9.59 Å². The van der Waals surface area contributed by atoms with Crippen LogP contribution in [0.1, 0.15) is 17.3 Å². The van der Waals surface area contributed by atoms with Crippen LogP contribution in [0.5, 0.6) is 0 Å². The first-order valence-electron chi connectivity index (χ1n) is 6.87. The molecule has 0 radical (unpaired) electrons. The molecular formula is C15H16N4O2. The van der Waals surface area contributed by atoms with Gasteiger partial charge in [-0.05, 0) is 25.1 Å². The molecule has 3 heterocycles. The molecule has 6 nitrogen and oxygen atoms in total. The summed E-state index contributed by atoms with van der Waals surface area (Å²) < 4.78 is 1.21. The zero-order valence-electron chi connectivity index (χ0n) is 11.8. The van der Waals surface area contributed by atoms with Crippen molar-refractivity contribution in [1.29, 1.82) is 0 Å². The van der Waals surface area contributed by atoms with Crippen molar-refractivity contribution >= 4 is 5.91 Å². The van der Waals surface area contributed by atoms with Gasteiger partial charge >= 0.3 is 0 Å². The maximum absolute atomic E-state index is 12.1. The van der Waals surface area contributed by atoms with Crippen LogP contribution < -0.4 is 5.56 Å². The monoisotopic (exact) mass is 284 g/mol. The van der Waals surface area contributed by atoms with Crippen molar-refractivity contribution in [2.24, 2.45) is 0 Å². The van der Waals surface area contributed by atoms with Crippen molar-refractivity contribution in [3.05, 3.63) is 58.3 Å². The van der Waals surface area contributed by atoms with Crippen molar-refractivity contribution in [1.82, 2.24) is 19.7 Å². The van der Waals surface area contributed by atoms with Gasteiger partial charge in [0.05, 0.1) is 5.69 Å². The average Bonchev–Trinajstić information content (AvgIpc) is 2.42. The smallest absolute Gasteiger partial charge is 0.267 e. The van der Waals surface area contributed by atoms with Gasteiger partial charge in [0.2, 0.25) is 5.91 Å². The third-order valence-corrected chi connectivity index (χ3v) is 3.63. The molecule has 1 amide bonds. The minimum Gasteiger partial charge on any atom is -0.340 e. The molecule has 6 heteroatoms. The number of carbonyl (C=O) groups is 1. The minimum atomic E-state index is -0.254. The van der Waals surface area contributed by atoms with E-state index in [0.29, 0.717) is 13.1 Å². The summed E-state index contributed by atoms with van der Waals surface area (Å²) in [5.41, 5.74) is 1.47. The number of pyridine rings is 1.